The van der Waals surface area contributed by atoms with Crippen molar-refractivity contribution < 1.29 is 14.3 Å². The molecule has 4 nitrogen and oxygen atoms in total. The van der Waals surface area contributed by atoms with Crippen LogP contribution in [0.2, 0.25) is 0 Å². The Kier molecular flexibility index (Phi) is 3.92. The first kappa shape index (κ1) is 13.4. The predicted molar refractivity (Wildman–Crippen MR) is 76.6 cm³/mol. The van der Waals surface area contributed by atoms with Gasteiger partial charge in [0.05, 0.1) is 0 Å². The lowest BCUT2D eigenvalue weighted by Crippen LogP contribution is -2.29. The summed E-state index contributed by atoms with van der Waals surface area (Å²) in [5.41, 5.74) is 0.723. The molecule has 2 aliphatic heterocycles. The Balaban J connectivity index is 1.69. The van der Waals surface area contributed by atoms with Crippen LogP contribution >= 0.6 is 0 Å². The van der Waals surface area contributed by atoms with Gasteiger partial charge in [-0.25, -0.2) is 0 Å². The minimum absolute atomic E-state index is 0.0238. The Labute approximate surface area is 119 Å². The minimum Gasteiger partial charge on any atom is -0.486 e. The Morgan fingerprint density at radius 1 is 1.20 bits per heavy atom. The highest BCUT2D eigenvalue weighted by Gasteiger charge is 2.22. The van der Waals surface area contributed by atoms with Crippen molar-refractivity contribution in [2.75, 3.05) is 32.8 Å². The first-order chi connectivity index (χ1) is 9.74. The van der Waals surface area contributed by atoms with Crippen molar-refractivity contribution in [3.05, 3.63) is 23.8 Å². The first-order valence-electron chi connectivity index (χ1n) is 7.40. The topological polar surface area (TPSA) is 38.8 Å². The van der Waals surface area contributed by atoms with Gasteiger partial charge < -0.3 is 14.4 Å². The fourth-order valence-electron chi connectivity index (χ4n) is 2.92. The summed E-state index contributed by atoms with van der Waals surface area (Å²) in [4.78, 5) is 14.9. The van der Waals surface area contributed by atoms with Gasteiger partial charge in [0.25, 0.3) is 0 Å². The highest BCUT2D eigenvalue weighted by molar-refractivity contribution is 5.98. The fraction of sp³-hybridized carbons (Fsp3) is 0.562. The molecule has 1 aromatic rings. The third-order valence-electron chi connectivity index (χ3n) is 4.01. The number of Topliss-reactive ketones (excluding diaryl/α,β-unsaturated/α-hetero) is 1. The number of carbonyl (C=O) groups excluding carboxylic acids is 1. The quantitative estimate of drug-likeness (QED) is 0.791. The minimum atomic E-state index is 0.0238. The molecule has 0 aromatic heterocycles. The number of benzene rings is 1. The summed E-state index contributed by atoms with van der Waals surface area (Å²) in [7, 11) is 0. The van der Waals surface area contributed by atoms with E-state index in [4.69, 9.17) is 9.47 Å². The summed E-state index contributed by atoms with van der Waals surface area (Å²) in [6, 6.07) is 5.50. The lowest BCUT2D eigenvalue weighted by molar-refractivity contribution is 0.0901. The monoisotopic (exact) mass is 275 g/mol. The first-order valence-corrected chi connectivity index (χ1v) is 7.40. The molecular weight excluding hydrogens is 254 g/mol. The number of hydrogen-bond acceptors (Lipinski definition) is 4. The van der Waals surface area contributed by atoms with Crippen LogP contribution in [-0.4, -0.2) is 43.5 Å². The number of nitrogens with zero attached hydrogens (tertiary/aromatic N) is 1. The molecule has 0 N–H and O–H groups in total. The zero-order chi connectivity index (χ0) is 13.9. The third-order valence-corrected chi connectivity index (χ3v) is 4.01. The SMILES string of the molecule is CC(CN1CCCC1)C(=O)c1ccc2c(c1)OCCO2. The van der Waals surface area contributed by atoms with Crippen LogP contribution < -0.4 is 9.47 Å². The molecule has 1 saturated heterocycles. The smallest absolute Gasteiger partial charge is 0.167 e. The number of rotatable bonds is 4. The van der Waals surface area contributed by atoms with Crippen molar-refractivity contribution >= 4 is 5.78 Å². The second kappa shape index (κ2) is 5.83. The second-order valence-electron chi connectivity index (χ2n) is 5.63. The van der Waals surface area contributed by atoms with Crippen LogP contribution in [0.1, 0.15) is 30.1 Å². The number of hydrogen-bond donors (Lipinski definition) is 0. The second-order valence-corrected chi connectivity index (χ2v) is 5.63. The summed E-state index contributed by atoms with van der Waals surface area (Å²) < 4.78 is 11.0. The van der Waals surface area contributed by atoms with Crippen LogP contribution in [0, 0.1) is 5.92 Å². The van der Waals surface area contributed by atoms with E-state index in [9.17, 15) is 4.79 Å². The molecule has 0 saturated carbocycles. The number of ketones is 1. The van der Waals surface area contributed by atoms with Gasteiger partial charge >= 0.3 is 0 Å². The van der Waals surface area contributed by atoms with Crippen molar-refractivity contribution in [2.45, 2.75) is 19.8 Å². The summed E-state index contributed by atoms with van der Waals surface area (Å²) >= 11 is 0. The van der Waals surface area contributed by atoms with Gasteiger partial charge in [-0.15, -0.1) is 0 Å². The van der Waals surface area contributed by atoms with Crippen LogP contribution in [0.5, 0.6) is 11.5 Å². The molecule has 0 aliphatic carbocycles. The number of ether oxygens (including phenoxy) is 2. The van der Waals surface area contributed by atoms with E-state index >= 15 is 0 Å². The van der Waals surface area contributed by atoms with Crippen LogP contribution in [0.25, 0.3) is 0 Å². The summed E-state index contributed by atoms with van der Waals surface area (Å²) in [6.45, 7) is 6.24. The highest BCUT2D eigenvalue weighted by Crippen LogP contribution is 2.31. The van der Waals surface area contributed by atoms with Gasteiger partial charge in [-0.3, -0.25) is 4.79 Å². The molecule has 0 radical (unpaired) electrons. The standard InChI is InChI=1S/C16H21NO3/c1-12(11-17-6-2-3-7-17)16(18)13-4-5-14-15(10-13)20-9-8-19-14/h4-5,10,12H,2-3,6-9,11H2,1H3. The molecule has 1 fully saturated rings. The molecule has 1 atom stereocenters. The third kappa shape index (κ3) is 2.80. The zero-order valence-electron chi connectivity index (χ0n) is 11.9. The highest BCUT2D eigenvalue weighted by atomic mass is 16.6. The average molecular weight is 275 g/mol. The van der Waals surface area contributed by atoms with E-state index in [1.54, 1.807) is 0 Å². The normalized spacial score (nSPS) is 19.9. The fourth-order valence-corrected chi connectivity index (χ4v) is 2.92. The van der Waals surface area contributed by atoms with Gasteiger partial charge in [0.15, 0.2) is 17.3 Å². The largest absolute Gasteiger partial charge is 0.486 e. The van der Waals surface area contributed by atoms with Gasteiger partial charge in [0.2, 0.25) is 0 Å². The maximum Gasteiger partial charge on any atom is 0.167 e. The maximum absolute atomic E-state index is 12.5. The van der Waals surface area contributed by atoms with Crippen molar-refractivity contribution in [1.29, 1.82) is 0 Å². The lowest BCUT2D eigenvalue weighted by atomic mass is 9.98. The Morgan fingerprint density at radius 2 is 1.90 bits per heavy atom. The van der Waals surface area contributed by atoms with Crippen molar-refractivity contribution in [2.24, 2.45) is 5.92 Å². The summed E-state index contributed by atoms with van der Waals surface area (Å²) in [5.74, 6) is 1.64. The van der Waals surface area contributed by atoms with Crippen molar-refractivity contribution in [3.8, 4) is 11.5 Å². The van der Waals surface area contributed by atoms with Crippen LogP contribution in [0.15, 0.2) is 18.2 Å². The molecule has 4 heteroatoms. The van der Waals surface area contributed by atoms with E-state index in [0.717, 1.165) is 30.9 Å². The van der Waals surface area contributed by atoms with E-state index in [1.165, 1.54) is 12.8 Å². The molecule has 20 heavy (non-hydrogen) atoms. The molecule has 2 aliphatic rings. The molecule has 2 heterocycles. The molecular formula is C16H21NO3. The van der Waals surface area contributed by atoms with Crippen molar-refractivity contribution in [1.82, 2.24) is 4.90 Å². The van der Waals surface area contributed by atoms with Crippen LogP contribution in [0.3, 0.4) is 0 Å². The molecule has 0 amide bonds. The predicted octanol–water partition coefficient (Wildman–Crippen LogP) is 2.37. The molecule has 108 valence electrons. The molecule has 1 aromatic carbocycles. The van der Waals surface area contributed by atoms with E-state index < -0.39 is 0 Å². The number of fused-ring (bicyclic) bond motifs is 1. The zero-order valence-corrected chi connectivity index (χ0v) is 11.9. The van der Waals surface area contributed by atoms with Crippen LogP contribution in [0.4, 0.5) is 0 Å². The Morgan fingerprint density at radius 3 is 2.65 bits per heavy atom. The van der Waals surface area contributed by atoms with Gasteiger partial charge in [0, 0.05) is 18.0 Å². The number of carbonyl (C=O) groups is 1. The maximum atomic E-state index is 12.5. The van der Waals surface area contributed by atoms with Crippen molar-refractivity contribution in [3.63, 3.8) is 0 Å². The van der Waals surface area contributed by atoms with E-state index in [0.29, 0.717) is 19.0 Å². The average Bonchev–Trinajstić information content (AvgIpc) is 2.99. The van der Waals surface area contributed by atoms with E-state index in [1.807, 2.05) is 25.1 Å². The van der Waals surface area contributed by atoms with Crippen LogP contribution in [-0.2, 0) is 0 Å². The molecule has 0 spiro atoms. The Hall–Kier alpha value is -1.55. The Bertz CT molecular complexity index is 494. The van der Waals surface area contributed by atoms with Gasteiger partial charge in [-0.05, 0) is 44.1 Å². The number of likely N-dealkylation sites (tertiary alicyclic amines) is 1. The molecule has 0 bridgehead atoms. The van der Waals surface area contributed by atoms with Gasteiger partial charge in [-0.2, -0.15) is 0 Å². The molecule has 3 rings (SSSR count). The summed E-state index contributed by atoms with van der Waals surface area (Å²) in [6.07, 6.45) is 2.51. The van der Waals surface area contributed by atoms with E-state index in [2.05, 4.69) is 4.90 Å². The summed E-state index contributed by atoms with van der Waals surface area (Å²) in [5, 5.41) is 0. The van der Waals surface area contributed by atoms with Gasteiger partial charge in [0.1, 0.15) is 13.2 Å². The molecule has 1 unspecified atom stereocenters. The van der Waals surface area contributed by atoms with E-state index in [-0.39, 0.29) is 11.7 Å². The van der Waals surface area contributed by atoms with Gasteiger partial charge in [-0.1, -0.05) is 6.92 Å². The lowest BCUT2D eigenvalue weighted by Gasteiger charge is -2.21.